The Balaban J connectivity index is 1.88. The number of nitrogens with zero attached hydrogens (tertiary/aromatic N) is 2. The second-order valence-corrected chi connectivity index (χ2v) is 6.55. The van der Waals surface area contributed by atoms with Crippen LogP contribution in [0.1, 0.15) is 17.4 Å². The van der Waals surface area contributed by atoms with Gasteiger partial charge in [0.15, 0.2) is 0 Å². The summed E-state index contributed by atoms with van der Waals surface area (Å²) in [7, 11) is 1.69. The average Bonchev–Trinajstić information content (AvgIpc) is 2.96. The fraction of sp³-hybridized carbons (Fsp3) is 0.600. The fourth-order valence-electron chi connectivity index (χ4n) is 3.21. The van der Waals surface area contributed by atoms with E-state index in [1.807, 2.05) is 0 Å². The minimum Gasteiger partial charge on any atom is -0.464 e. The highest BCUT2D eigenvalue weighted by molar-refractivity contribution is 6.31. The summed E-state index contributed by atoms with van der Waals surface area (Å²) in [6, 6.07) is 1.52. The first-order chi connectivity index (χ1) is 10.8. The zero-order chi connectivity index (χ0) is 16.8. The molecule has 2 saturated heterocycles. The van der Waals surface area contributed by atoms with E-state index >= 15 is 4.39 Å². The maximum Gasteiger partial charge on any atom is 0.346 e. The van der Waals surface area contributed by atoms with Crippen molar-refractivity contribution in [3.05, 3.63) is 23.0 Å². The highest BCUT2D eigenvalue weighted by Crippen LogP contribution is 2.48. The van der Waals surface area contributed by atoms with E-state index in [0.717, 1.165) is 0 Å². The molecule has 8 heteroatoms. The third-order valence-electron chi connectivity index (χ3n) is 4.58. The van der Waals surface area contributed by atoms with Crippen LogP contribution < -0.4 is 0 Å². The maximum atomic E-state index is 15.4. The van der Waals surface area contributed by atoms with Gasteiger partial charge in [-0.05, 0) is 13.0 Å². The summed E-state index contributed by atoms with van der Waals surface area (Å²) >= 11 is 5.90. The molecular formula is C15H18ClFN2O4. The Kier molecular flexibility index (Phi) is 3.88. The lowest BCUT2D eigenvalue weighted by atomic mass is 9.74. The van der Waals surface area contributed by atoms with E-state index in [0.29, 0.717) is 10.7 Å². The van der Waals surface area contributed by atoms with Gasteiger partial charge < -0.3 is 18.9 Å². The molecule has 2 fully saturated rings. The Bertz CT molecular complexity index is 658. The summed E-state index contributed by atoms with van der Waals surface area (Å²) in [5.41, 5.74) is -2.92. The van der Waals surface area contributed by atoms with Crippen LogP contribution in [-0.4, -0.2) is 59.9 Å². The van der Waals surface area contributed by atoms with Crippen molar-refractivity contribution in [3.63, 3.8) is 0 Å². The summed E-state index contributed by atoms with van der Waals surface area (Å²) in [5, 5.41) is 0.425. The van der Waals surface area contributed by atoms with Gasteiger partial charge in [0.1, 0.15) is 5.69 Å². The number of alkyl halides is 1. The average molecular weight is 345 g/mol. The molecule has 1 spiro atoms. The molecule has 0 N–H and O–H groups in total. The van der Waals surface area contributed by atoms with Gasteiger partial charge in [0, 0.05) is 19.8 Å². The molecule has 126 valence electrons. The number of aryl methyl sites for hydroxylation is 1. The lowest BCUT2D eigenvalue weighted by Gasteiger charge is -2.43. The SMILES string of the molecule is CCOC(=O)[C@@]1(F)CN(C(=O)c2cc(Cl)cn2C)CC12COC2. The summed E-state index contributed by atoms with van der Waals surface area (Å²) in [6.07, 6.45) is 1.60. The van der Waals surface area contributed by atoms with E-state index in [1.54, 1.807) is 24.7 Å². The smallest absolute Gasteiger partial charge is 0.346 e. The van der Waals surface area contributed by atoms with Gasteiger partial charge >= 0.3 is 5.97 Å². The van der Waals surface area contributed by atoms with Crippen LogP contribution in [0.4, 0.5) is 4.39 Å². The molecule has 0 saturated carbocycles. The van der Waals surface area contributed by atoms with Crippen molar-refractivity contribution < 1.29 is 23.5 Å². The van der Waals surface area contributed by atoms with Gasteiger partial charge in [0.25, 0.3) is 5.91 Å². The maximum absolute atomic E-state index is 15.4. The normalized spacial score (nSPS) is 25.5. The molecule has 23 heavy (non-hydrogen) atoms. The Morgan fingerprint density at radius 3 is 2.61 bits per heavy atom. The van der Waals surface area contributed by atoms with Gasteiger partial charge in [-0.2, -0.15) is 0 Å². The number of halogens is 2. The first kappa shape index (κ1) is 16.3. The number of aromatic nitrogens is 1. The van der Waals surface area contributed by atoms with Crippen LogP contribution >= 0.6 is 11.6 Å². The monoisotopic (exact) mass is 344 g/mol. The van der Waals surface area contributed by atoms with E-state index in [4.69, 9.17) is 21.1 Å². The quantitative estimate of drug-likeness (QED) is 0.778. The van der Waals surface area contributed by atoms with Crippen molar-refractivity contribution in [2.75, 3.05) is 32.9 Å². The van der Waals surface area contributed by atoms with Gasteiger partial charge in [-0.25, -0.2) is 9.18 Å². The van der Waals surface area contributed by atoms with E-state index < -0.39 is 17.1 Å². The van der Waals surface area contributed by atoms with Gasteiger partial charge in [-0.3, -0.25) is 4.79 Å². The summed E-state index contributed by atoms with van der Waals surface area (Å²) in [6.45, 7) is 1.68. The van der Waals surface area contributed by atoms with Crippen molar-refractivity contribution in [2.24, 2.45) is 12.5 Å². The highest BCUT2D eigenvalue weighted by atomic mass is 35.5. The largest absolute Gasteiger partial charge is 0.464 e. The van der Waals surface area contributed by atoms with Crippen LogP contribution in [0, 0.1) is 5.41 Å². The molecule has 2 aliphatic heterocycles. The molecule has 1 aromatic heterocycles. The van der Waals surface area contributed by atoms with Crippen molar-refractivity contribution in [3.8, 4) is 0 Å². The first-order valence-corrected chi connectivity index (χ1v) is 7.76. The van der Waals surface area contributed by atoms with Crippen molar-refractivity contribution in [1.82, 2.24) is 9.47 Å². The second-order valence-electron chi connectivity index (χ2n) is 6.11. The molecule has 0 bridgehead atoms. The summed E-state index contributed by atoms with van der Waals surface area (Å²) in [4.78, 5) is 26.1. The predicted molar refractivity (Wildman–Crippen MR) is 80.1 cm³/mol. The number of carbonyl (C=O) groups excluding carboxylic acids is 2. The van der Waals surface area contributed by atoms with Gasteiger partial charge in [-0.1, -0.05) is 11.6 Å². The first-order valence-electron chi connectivity index (χ1n) is 7.38. The van der Waals surface area contributed by atoms with Crippen molar-refractivity contribution in [2.45, 2.75) is 12.6 Å². The van der Waals surface area contributed by atoms with Gasteiger partial charge in [0.05, 0.1) is 36.8 Å². The number of likely N-dealkylation sites (tertiary alicyclic amines) is 1. The summed E-state index contributed by atoms with van der Waals surface area (Å²) < 4.78 is 27.0. The number of hydrogen-bond acceptors (Lipinski definition) is 4. The topological polar surface area (TPSA) is 60.8 Å². The number of esters is 1. The van der Waals surface area contributed by atoms with Crippen molar-refractivity contribution >= 4 is 23.5 Å². The molecule has 1 amide bonds. The van der Waals surface area contributed by atoms with Crippen LogP contribution in [0.15, 0.2) is 12.3 Å². The Labute approximate surface area is 138 Å². The molecule has 3 rings (SSSR count). The zero-order valence-electron chi connectivity index (χ0n) is 13.0. The standard InChI is InChI=1S/C15H18ClFN2O4/c1-3-23-13(21)15(17)7-19(6-14(15)8-22-9-14)12(20)11-4-10(16)5-18(11)2/h4-5H,3,6-9H2,1-2H3/t15-/m0/s1. The van der Waals surface area contributed by atoms with Crippen LogP contribution in [0.25, 0.3) is 0 Å². The predicted octanol–water partition coefficient (Wildman–Crippen LogP) is 1.42. The minimum absolute atomic E-state index is 0.0861. The Morgan fingerprint density at radius 1 is 1.43 bits per heavy atom. The van der Waals surface area contributed by atoms with Crippen LogP contribution in [0.5, 0.6) is 0 Å². The molecule has 0 aromatic carbocycles. The number of rotatable bonds is 3. The number of carbonyl (C=O) groups is 2. The second kappa shape index (κ2) is 5.49. The molecule has 0 radical (unpaired) electrons. The van der Waals surface area contributed by atoms with Crippen LogP contribution in [0.2, 0.25) is 5.02 Å². The Morgan fingerprint density at radius 2 is 2.13 bits per heavy atom. The van der Waals surface area contributed by atoms with Gasteiger partial charge in [0.2, 0.25) is 5.67 Å². The van der Waals surface area contributed by atoms with Crippen LogP contribution in [0.3, 0.4) is 0 Å². The van der Waals surface area contributed by atoms with Crippen LogP contribution in [-0.2, 0) is 21.3 Å². The Hall–Kier alpha value is -1.60. The van der Waals surface area contributed by atoms with E-state index in [-0.39, 0.29) is 38.8 Å². The van der Waals surface area contributed by atoms with Crippen molar-refractivity contribution in [1.29, 1.82) is 0 Å². The molecule has 0 unspecified atom stereocenters. The van der Waals surface area contributed by atoms with E-state index in [2.05, 4.69) is 0 Å². The third kappa shape index (κ3) is 2.33. The fourth-order valence-corrected chi connectivity index (χ4v) is 3.46. The third-order valence-corrected chi connectivity index (χ3v) is 4.78. The number of hydrogen-bond donors (Lipinski definition) is 0. The molecule has 6 nitrogen and oxygen atoms in total. The highest BCUT2D eigenvalue weighted by Gasteiger charge is 2.68. The lowest BCUT2D eigenvalue weighted by Crippen LogP contribution is -2.61. The summed E-state index contributed by atoms with van der Waals surface area (Å²) in [5.74, 6) is -1.29. The molecule has 0 aliphatic carbocycles. The number of amides is 1. The molecule has 2 aliphatic rings. The zero-order valence-corrected chi connectivity index (χ0v) is 13.7. The molecule has 1 atom stereocenters. The number of ether oxygens (including phenoxy) is 2. The van der Waals surface area contributed by atoms with Gasteiger partial charge in [-0.15, -0.1) is 0 Å². The molecule has 3 heterocycles. The van der Waals surface area contributed by atoms with E-state index in [1.165, 1.54) is 11.0 Å². The molecule has 1 aromatic rings. The lowest BCUT2D eigenvalue weighted by molar-refractivity contribution is -0.196. The van der Waals surface area contributed by atoms with E-state index in [9.17, 15) is 9.59 Å². The minimum atomic E-state index is -2.24. The molecular weight excluding hydrogens is 327 g/mol.